The number of phenols is 1. The maximum atomic E-state index is 12.2. The fourth-order valence-electron chi connectivity index (χ4n) is 2.85. The van der Waals surface area contributed by atoms with Crippen LogP contribution in [0.1, 0.15) is 22.8 Å². The third-order valence-corrected chi connectivity index (χ3v) is 4.10. The Kier molecular flexibility index (Phi) is 5.23. The van der Waals surface area contributed by atoms with Crippen molar-refractivity contribution in [1.29, 1.82) is 0 Å². The van der Waals surface area contributed by atoms with Crippen LogP contribution in [-0.4, -0.2) is 17.7 Å². The summed E-state index contributed by atoms with van der Waals surface area (Å²) < 4.78 is 5.06. The van der Waals surface area contributed by atoms with Gasteiger partial charge in [0.25, 0.3) is 0 Å². The average molecular weight is 347 g/mol. The molecule has 132 valence electrons. The molecular formula is C22H21NO3. The summed E-state index contributed by atoms with van der Waals surface area (Å²) in [4.78, 5) is 14.2. The summed E-state index contributed by atoms with van der Waals surface area (Å²) in [5, 5.41) is 10.1. The van der Waals surface area contributed by atoms with Crippen molar-refractivity contribution in [3.05, 3.63) is 83.9 Å². The van der Waals surface area contributed by atoms with E-state index in [1.165, 1.54) is 6.07 Å². The molecule has 4 heteroatoms. The second kappa shape index (κ2) is 7.74. The minimum absolute atomic E-state index is 0.0926. The van der Waals surface area contributed by atoms with Crippen LogP contribution in [-0.2, 0) is 4.74 Å². The summed E-state index contributed by atoms with van der Waals surface area (Å²) in [6, 6.07) is 22.9. The highest BCUT2D eigenvalue weighted by molar-refractivity contribution is 5.94. The number of anilines is 3. The van der Waals surface area contributed by atoms with Gasteiger partial charge in [0.15, 0.2) is 0 Å². The molecule has 0 fully saturated rings. The Labute approximate surface area is 153 Å². The number of phenolic OH excluding ortho intramolecular Hbond substituents is 1. The second-order valence-electron chi connectivity index (χ2n) is 5.88. The van der Waals surface area contributed by atoms with Crippen LogP contribution >= 0.6 is 0 Å². The van der Waals surface area contributed by atoms with Gasteiger partial charge in [-0.05, 0) is 55.8 Å². The first kappa shape index (κ1) is 17.5. The molecule has 3 aromatic carbocycles. The summed E-state index contributed by atoms with van der Waals surface area (Å²) in [5.74, 6) is -0.630. The van der Waals surface area contributed by atoms with E-state index in [1.807, 2.05) is 61.5 Å². The highest BCUT2D eigenvalue weighted by Gasteiger charge is 2.18. The molecule has 1 N–H and O–H groups in total. The zero-order valence-corrected chi connectivity index (χ0v) is 14.8. The molecule has 0 amide bonds. The lowest BCUT2D eigenvalue weighted by Crippen LogP contribution is -2.13. The standard InChI is InChI=1S/C22H21NO3/c1-3-26-22(25)19-15-18(13-14-21(19)24)23(17-10-5-4-6-11-17)20-12-8-7-9-16(20)2/h4-15,24H,3H2,1-2H3. The molecule has 0 atom stereocenters. The van der Waals surface area contributed by atoms with Crippen molar-refractivity contribution in [2.45, 2.75) is 13.8 Å². The number of rotatable bonds is 5. The van der Waals surface area contributed by atoms with Crippen LogP contribution in [0.3, 0.4) is 0 Å². The average Bonchev–Trinajstić information content (AvgIpc) is 2.66. The van der Waals surface area contributed by atoms with Gasteiger partial charge in [-0.2, -0.15) is 0 Å². The van der Waals surface area contributed by atoms with Gasteiger partial charge in [0.1, 0.15) is 11.3 Å². The van der Waals surface area contributed by atoms with E-state index >= 15 is 0 Å². The van der Waals surface area contributed by atoms with Crippen LogP contribution in [0.4, 0.5) is 17.1 Å². The number of carbonyl (C=O) groups is 1. The number of aryl methyl sites for hydroxylation is 1. The molecule has 4 nitrogen and oxygen atoms in total. The topological polar surface area (TPSA) is 49.8 Å². The predicted octanol–water partition coefficient (Wildman–Crippen LogP) is 5.35. The van der Waals surface area contributed by atoms with E-state index in [9.17, 15) is 9.90 Å². The fraction of sp³-hybridized carbons (Fsp3) is 0.136. The van der Waals surface area contributed by atoms with Crippen molar-refractivity contribution in [3.8, 4) is 5.75 Å². The number of nitrogens with zero attached hydrogens (tertiary/aromatic N) is 1. The van der Waals surface area contributed by atoms with Gasteiger partial charge in [-0.3, -0.25) is 0 Å². The fourth-order valence-corrected chi connectivity index (χ4v) is 2.85. The summed E-state index contributed by atoms with van der Waals surface area (Å²) in [7, 11) is 0. The first-order valence-corrected chi connectivity index (χ1v) is 8.52. The molecule has 0 aliphatic heterocycles. The van der Waals surface area contributed by atoms with E-state index in [4.69, 9.17) is 4.74 Å². The van der Waals surface area contributed by atoms with Gasteiger partial charge < -0.3 is 14.7 Å². The molecule has 0 saturated heterocycles. The maximum Gasteiger partial charge on any atom is 0.341 e. The van der Waals surface area contributed by atoms with E-state index in [0.717, 1.165) is 22.6 Å². The number of aromatic hydroxyl groups is 1. The van der Waals surface area contributed by atoms with Crippen molar-refractivity contribution >= 4 is 23.0 Å². The Bertz CT molecular complexity index is 906. The van der Waals surface area contributed by atoms with Gasteiger partial charge in [-0.1, -0.05) is 36.4 Å². The molecule has 0 heterocycles. The minimum atomic E-state index is -0.537. The van der Waals surface area contributed by atoms with Gasteiger partial charge in [0.2, 0.25) is 0 Å². The maximum absolute atomic E-state index is 12.2. The van der Waals surface area contributed by atoms with Crippen LogP contribution in [0.5, 0.6) is 5.75 Å². The normalized spacial score (nSPS) is 10.4. The van der Waals surface area contributed by atoms with Crippen molar-refractivity contribution in [1.82, 2.24) is 0 Å². The predicted molar refractivity (Wildman–Crippen MR) is 103 cm³/mol. The molecule has 0 unspecified atom stereocenters. The highest BCUT2D eigenvalue weighted by Crippen LogP contribution is 2.37. The van der Waals surface area contributed by atoms with Gasteiger partial charge >= 0.3 is 5.97 Å². The van der Waals surface area contributed by atoms with Crippen molar-refractivity contribution in [2.75, 3.05) is 11.5 Å². The Morgan fingerprint density at radius 2 is 1.65 bits per heavy atom. The highest BCUT2D eigenvalue weighted by atomic mass is 16.5. The number of para-hydroxylation sites is 2. The molecule has 0 aromatic heterocycles. The lowest BCUT2D eigenvalue weighted by molar-refractivity contribution is 0.0523. The molecule has 0 aliphatic carbocycles. The largest absolute Gasteiger partial charge is 0.507 e. The summed E-state index contributed by atoms with van der Waals surface area (Å²) >= 11 is 0. The van der Waals surface area contributed by atoms with E-state index in [-0.39, 0.29) is 17.9 Å². The number of ether oxygens (including phenoxy) is 1. The molecule has 26 heavy (non-hydrogen) atoms. The van der Waals surface area contributed by atoms with Crippen molar-refractivity contribution < 1.29 is 14.6 Å². The van der Waals surface area contributed by atoms with E-state index in [2.05, 4.69) is 4.90 Å². The Hall–Kier alpha value is -3.27. The molecule has 0 radical (unpaired) electrons. The number of hydrogen-bond donors (Lipinski definition) is 1. The van der Waals surface area contributed by atoms with Crippen LogP contribution in [0.15, 0.2) is 72.8 Å². The molecule has 3 aromatic rings. The number of esters is 1. The van der Waals surface area contributed by atoms with Crippen molar-refractivity contribution in [2.24, 2.45) is 0 Å². The Morgan fingerprint density at radius 1 is 0.962 bits per heavy atom. The minimum Gasteiger partial charge on any atom is -0.507 e. The van der Waals surface area contributed by atoms with E-state index < -0.39 is 5.97 Å². The monoisotopic (exact) mass is 347 g/mol. The zero-order valence-electron chi connectivity index (χ0n) is 14.8. The summed E-state index contributed by atoms with van der Waals surface area (Å²) in [6.45, 7) is 4.03. The number of hydrogen-bond acceptors (Lipinski definition) is 4. The number of carbonyl (C=O) groups excluding carboxylic acids is 1. The summed E-state index contributed by atoms with van der Waals surface area (Å²) in [6.07, 6.45) is 0. The van der Waals surface area contributed by atoms with Gasteiger partial charge in [-0.15, -0.1) is 0 Å². The second-order valence-corrected chi connectivity index (χ2v) is 5.88. The quantitative estimate of drug-likeness (QED) is 0.632. The van der Waals surface area contributed by atoms with Gasteiger partial charge in [-0.25, -0.2) is 4.79 Å². The third-order valence-electron chi connectivity index (χ3n) is 4.10. The van der Waals surface area contributed by atoms with Crippen LogP contribution in [0.25, 0.3) is 0 Å². The molecule has 0 bridgehead atoms. The first-order valence-electron chi connectivity index (χ1n) is 8.52. The molecule has 0 aliphatic rings. The van der Waals surface area contributed by atoms with Crippen LogP contribution in [0.2, 0.25) is 0 Å². The first-order chi connectivity index (χ1) is 12.6. The van der Waals surface area contributed by atoms with E-state index in [1.54, 1.807) is 19.1 Å². The van der Waals surface area contributed by atoms with Crippen LogP contribution in [0, 0.1) is 6.92 Å². The lowest BCUT2D eigenvalue weighted by atomic mass is 10.1. The van der Waals surface area contributed by atoms with Gasteiger partial charge in [0, 0.05) is 17.1 Å². The Morgan fingerprint density at radius 3 is 2.35 bits per heavy atom. The lowest BCUT2D eigenvalue weighted by Gasteiger charge is -2.27. The smallest absolute Gasteiger partial charge is 0.341 e. The molecule has 0 spiro atoms. The zero-order chi connectivity index (χ0) is 18.5. The third kappa shape index (κ3) is 3.54. The van der Waals surface area contributed by atoms with Crippen molar-refractivity contribution in [3.63, 3.8) is 0 Å². The summed E-state index contributed by atoms with van der Waals surface area (Å²) in [5.41, 5.74) is 3.98. The molecule has 0 saturated carbocycles. The number of benzene rings is 3. The SMILES string of the molecule is CCOC(=O)c1cc(N(c2ccccc2)c2ccccc2C)ccc1O. The molecular weight excluding hydrogens is 326 g/mol. The molecule has 3 rings (SSSR count). The van der Waals surface area contributed by atoms with E-state index in [0.29, 0.717) is 0 Å². The van der Waals surface area contributed by atoms with Crippen LogP contribution < -0.4 is 4.90 Å². The van der Waals surface area contributed by atoms with Gasteiger partial charge in [0.05, 0.1) is 6.61 Å². The Balaban J connectivity index is 2.16.